The fourth-order valence-electron chi connectivity index (χ4n) is 2.06. The fourth-order valence-corrected chi connectivity index (χ4v) is 3.58. The van der Waals surface area contributed by atoms with E-state index in [0.29, 0.717) is 6.04 Å². The van der Waals surface area contributed by atoms with E-state index in [0.717, 1.165) is 28.5 Å². The summed E-state index contributed by atoms with van der Waals surface area (Å²) >= 11 is 3.56. The maximum Gasteiger partial charge on any atom is 0.166 e. The molecule has 0 radical (unpaired) electrons. The quantitative estimate of drug-likeness (QED) is 0.533. The minimum atomic E-state index is 0.422. The minimum absolute atomic E-state index is 0.422. The van der Waals surface area contributed by atoms with Gasteiger partial charge in [-0.05, 0) is 30.5 Å². The third kappa shape index (κ3) is 3.23. The molecule has 0 fully saturated rings. The Balaban J connectivity index is 1.48. The molecule has 3 rings (SSSR count). The van der Waals surface area contributed by atoms with Gasteiger partial charge < -0.3 is 10.3 Å². The maximum atomic E-state index is 4.56. The molecule has 5 heteroatoms. The second-order valence-corrected chi connectivity index (χ2v) is 6.66. The van der Waals surface area contributed by atoms with Crippen molar-refractivity contribution in [1.29, 1.82) is 0 Å². The van der Waals surface area contributed by atoms with Gasteiger partial charge in [-0.3, -0.25) is 0 Å². The van der Waals surface area contributed by atoms with Crippen molar-refractivity contribution in [2.75, 3.05) is 12.3 Å². The Morgan fingerprint density at radius 2 is 2.20 bits per heavy atom. The predicted octanol–water partition coefficient (Wildman–Crippen LogP) is 4.07. The first kappa shape index (κ1) is 13.7. The lowest BCUT2D eigenvalue weighted by atomic mass is 10.3. The van der Waals surface area contributed by atoms with Crippen LogP contribution in [-0.2, 0) is 0 Å². The fraction of sp³-hybridized carbons (Fsp3) is 0.267. The van der Waals surface area contributed by atoms with Crippen molar-refractivity contribution >= 4 is 34.1 Å². The Labute approximate surface area is 126 Å². The number of benzene rings is 1. The molecule has 2 N–H and O–H groups in total. The van der Waals surface area contributed by atoms with Crippen LogP contribution in [0, 0.1) is 0 Å². The number of rotatable bonds is 6. The van der Waals surface area contributed by atoms with Gasteiger partial charge in [-0.2, -0.15) is 0 Å². The lowest BCUT2D eigenvalue weighted by molar-refractivity contribution is 0.610. The largest absolute Gasteiger partial charge is 0.333 e. The molecule has 104 valence electrons. The average Bonchev–Trinajstić information content (AvgIpc) is 3.11. The number of nitrogens with one attached hydrogen (secondary N) is 2. The highest BCUT2D eigenvalue weighted by Gasteiger charge is 2.06. The summed E-state index contributed by atoms with van der Waals surface area (Å²) in [5, 5.41) is 6.66. The normalized spacial score (nSPS) is 12.8. The Hall–Kier alpha value is -1.30. The zero-order chi connectivity index (χ0) is 13.8. The molecule has 2 heterocycles. The first-order valence-electron chi connectivity index (χ1n) is 6.67. The Morgan fingerprint density at radius 1 is 1.30 bits per heavy atom. The molecule has 0 aliphatic carbocycles. The Kier molecular flexibility index (Phi) is 4.40. The number of fused-ring (bicyclic) bond motifs is 1. The van der Waals surface area contributed by atoms with Crippen LogP contribution in [-0.4, -0.2) is 22.3 Å². The van der Waals surface area contributed by atoms with Crippen LogP contribution in [0.5, 0.6) is 0 Å². The van der Waals surface area contributed by atoms with E-state index in [1.165, 1.54) is 4.88 Å². The van der Waals surface area contributed by atoms with E-state index in [2.05, 4.69) is 45.8 Å². The van der Waals surface area contributed by atoms with Crippen LogP contribution < -0.4 is 5.32 Å². The molecule has 3 aromatic rings. The van der Waals surface area contributed by atoms with E-state index in [4.69, 9.17) is 0 Å². The molecule has 0 aliphatic rings. The van der Waals surface area contributed by atoms with Gasteiger partial charge in [-0.15, -0.1) is 11.3 Å². The standard InChI is InChI=1S/C15H17N3S2/c1-11(14-7-4-9-19-14)16-8-10-20-15-17-12-5-2-3-6-13(12)18-15/h2-7,9,11,16H,8,10H2,1H3,(H,17,18). The van der Waals surface area contributed by atoms with Crippen LogP contribution >= 0.6 is 23.1 Å². The van der Waals surface area contributed by atoms with Crippen LogP contribution in [0.1, 0.15) is 17.8 Å². The third-order valence-electron chi connectivity index (χ3n) is 3.13. The van der Waals surface area contributed by atoms with Crippen LogP contribution in [0.4, 0.5) is 0 Å². The monoisotopic (exact) mass is 303 g/mol. The van der Waals surface area contributed by atoms with Crippen molar-refractivity contribution in [3.8, 4) is 0 Å². The number of hydrogen-bond donors (Lipinski definition) is 2. The number of H-pyrrole nitrogens is 1. The number of aromatic nitrogens is 2. The number of para-hydroxylation sites is 2. The summed E-state index contributed by atoms with van der Waals surface area (Å²) in [5.41, 5.74) is 2.14. The van der Waals surface area contributed by atoms with E-state index >= 15 is 0 Å². The van der Waals surface area contributed by atoms with Crippen LogP contribution in [0.3, 0.4) is 0 Å². The number of thiophene rings is 1. The molecular weight excluding hydrogens is 286 g/mol. The maximum absolute atomic E-state index is 4.56. The zero-order valence-electron chi connectivity index (χ0n) is 11.3. The molecule has 0 spiro atoms. The molecular formula is C15H17N3S2. The molecule has 0 saturated heterocycles. The summed E-state index contributed by atoms with van der Waals surface area (Å²) in [4.78, 5) is 9.29. The second kappa shape index (κ2) is 6.43. The van der Waals surface area contributed by atoms with Crippen molar-refractivity contribution in [2.45, 2.75) is 18.1 Å². The van der Waals surface area contributed by atoms with Crippen molar-refractivity contribution in [1.82, 2.24) is 15.3 Å². The third-order valence-corrected chi connectivity index (χ3v) is 5.06. The van der Waals surface area contributed by atoms with Gasteiger partial charge in [0.25, 0.3) is 0 Å². The van der Waals surface area contributed by atoms with Gasteiger partial charge in [0, 0.05) is 23.2 Å². The smallest absolute Gasteiger partial charge is 0.166 e. The van der Waals surface area contributed by atoms with Crippen molar-refractivity contribution in [2.24, 2.45) is 0 Å². The van der Waals surface area contributed by atoms with Crippen molar-refractivity contribution in [3.05, 3.63) is 46.7 Å². The number of hydrogen-bond acceptors (Lipinski definition) is 4. The van der Waals surface area contributed by atoms with E-state index in [-0.39, 0.29) is 0 Å². The van der Waals surface area contributed by atoms with Crippen LogP contribution in [0.15, 0.2) is 46.9 Å². The van der Waals surface area contributed by atoms with Gasteiger partial charge in [-0.1, -0.05) is 30.0 Å². The average molecular weight is 303 g/mol. The summed E-state index contributed by atoms with van der Waals surface area (Å²) < 4.78 is 0. The van der Waals surface area contributed by atoms with Gasteiger partial charge in [0.05, 0.1) is 11.0 Å². The van der Waals surface area contributed by atoms with Crippen molar-refractivity contribution in [3.63, 3.8) is 0 Å². The highest BCUT2D eigenvalue weighted by atomic mass is 32.2. The van der Waals surface area contributed by atoms with Crippen LogP contribution in [0.2, 0.25) is 0 Å². The first-order chi connectivity index (χ1) is 9.83. The topological polar surface area (TPSA) is 40.7 Å². The van der Waals surface area contributed by atoms with Gasteiger partial charge in [0.15, 0.2) is 5.16 Å². The number of thioether (sulfide) groups is 1. The highest BCUT2D eigenvalue weighted by Crippen LogP contribution is 2.20. The number of imidazole rings is 1. The van der Waals surface area contributed by atoms with E-state index in [9.17, 15) is 0 Å². The van der Waals surface area contributed by atoms with Gasteiger partial charge in [0.1, 0.15) is 0 Å². The molecule has 3 nitrogen and oxygen atoms in total. The first-order valence-corrected chi connectivity index (χ1v) is 8.54. The zero-order valence-corrected chi connectivity index (χ0v) is 12.9. The summed E-state index contributed by atoms with van der Waals surface area (Å²) in [6.45, 7) is 3.18. The summed E-state index contributed by atoms with van der Waals surface area (Å²) in [5.74, 6) is 1.01. The summed E-state index contributed by atoms with van der Waals surface area (Å²) in [6.07, 6.45) is 0. The molecule has 0 aliphatic heterocycles. The molecule has 1 aromatic carbocycles. The molecule has 1 unspecified atom stereocenters. The van der Waals surface area contributed by atoms with Gasteiger partial charge in [0.2, 0.25) is 0 Å². The number of nitrogens with zero attached hydrogens (tertiary/aromatic N) is 1. The van der Waals surface area contributed by atoms with Gasteiger partial charge in [-0.25, -0.2) is 4.98 Å². The van der Waals surface area contributed by atoms with E-state index in [1.807, 2.05) is 18.2 Å². The second-order valence-electron chi connectivity index (χ2n) is 4.60. The Bertz CT molecular complexity index is 628. The lowest BCUT2D eigenvalue weighted by Gasteiger charge is -2.11. The van der Waals surface area contributed by atoms with Crippen LogP contribution in [0.25, 0.3) is 11.0 Å². The molecule has 0 bridgehead atoms. The van der Waals surface area contributed by atoms with Gasteiger partial charge >= 0.3 is 0 Å². The minimum Gasteiger partial charge on any atom is -0.333 e. The molecule has 2 aromatic heterocycles. The van der Waals surface area contributed by atoms with Crippen molar-refractivity contribution < 1.29 is 0 Å². The lowest BCUT2D eigenvalue weighted by Crippen LogP contribution is -2.20. The van der Waals surface area contributed by atoms with E-state index in [1.54, 1.807) is 23.1 Å². The Morgan fingerprint density at radius 3 is 3.00 bits per heavy atom. The summed E-state index contributed by atoms with van der Waals surface area (Å²) in [6, 6.07) is 12.8. The summed E-state index contributed by atoms with van der Waals surface area (Å²) in [7, 11) is 0. The highest BCUT2D eigenvalue weighted by molar-refractivity contribution is 7.99. The molecule has 1 atom stereocenters. The predicted molar refractivity (Wildman–Crippen MR) is 87.6 cm³/mol. The van der Waals surface area contributed by atoms with E-state index < -0.39 is 0 Å². The molecule has 0 amide bonds. The SMILES string of the molecule is CC(NCCSc1nc2ccccc2[nH]1)c1cccs1. The molecule has 0 saturated carbocycles. The molecule has 20 heavy (non-hydrogen) atoms. The number of aromatic amines is 1.